The van der Waals surface area contributed by atoms with Crippen molar-refractivity contribution < 1.29 is 14.7 Å². The van der Waals surface area contributed by atoms with Gasteiger partial charge in [-0.1, -0.05) is 43.7 Å². The summed E-state index contributed by atoms with van der Waals surface area (Å²) in [4.78, 5) is 23.3. The summed E-state index contributed by atoms with van der Waals surface area (Å²) in [6.45, 7) is 8.31. The Morgan fingerprint density at radius 3 is 2.39 bits per heavy atom. The van der Waals surface area contributed by atoms with Crippen molar-refractivity contribution in [3.63, 3.8) is 0 Å². The van der Waals surface area contributed by atoms with Crippen molar-refractivity contribution in [2.45, 2.75) is 46.6 Å². The van der Waals surface area contributed by atoms with E-state index in [1.165, 1.54) is 30.6 Å². The fourth-order valence-corrected chi connectivity index (χ4v) is 2.48. The molecule has 1 unspecified atom stereocenters. The lowest BCUT2D eigenvalue weighted by Crippen LogP contribution is -2.21. The van der Waals surface area contributed by atoms with E-state index in [1.807, 2.05) is 52.0 Å². The van der Waals surface area contributed by atoms with Gasteiger partial charge in [0.15, 0.2) is 5.69 Å². The molecule has 7 nitrogen and oxygen atoms in total. The number of aromatic nitrogens is 2. The van der Waals surface area contributed by atoms with Gasteiger partial charge in [0.05, 0.1) is 6.04 Å². The topological polar surface area (TPSA) is 110 Å². The lowest BCUT2D eigenvalue weighted by Gasteiger charge is -2.15. The molecule has 4 N–H and O–H groups in total. The first kappa shape index (κ1) is 23.4. The van der Waals surface area contributed by atoms with Crippen molar-refractivity contribution >= 4 is 11.8 Å². The van der Waals surface area contributed by atoms with Gasteiger partial charge in [0.1, 0.15) is 5.69 Å². The summed E-state index contributed by atoms with van der Waals surface area (Å²) in [5.41, 5.74) is 7.87. The van der Waals surface area contributed by atoms with E-state index in [4.69, 9.17) is 10.8 Å². The highest BCUT2D eigenvalue weighted by Crippen LogP contribution is 2.27. The standard InChI is InChI=1S/C15H18N4O2.C4H8O.C2H6/c1-9-5-4-6-11(7-9)10(2)19-13(14(16)20)8-12(18-19)15(21)17-3;5-3-4-1-2-4;1-2/h4-8,10H,1-3H3,(H2,16,20)(H,17,21);4-5H,1-3H2;1-2H3. The van der Waals surface area contributed by atoms with E-state index in [9.17, 15) is 9.59 Å². The molecule has 0 saturated heterocycles. The Labute approximate surface area is 166 Å². The number of carbonyl (C=O) groups is 2. The molecular weight excluding hydrogens is 356 g/mol. The maximum absolute atomic E-state index is 11.7. The van der Waals surface area contributed by atoms with Crippen LogP contribution in [0, 0.1) is 12.8 Å². The molecule has 154 valence electrons. The van der Waals surface area contributed by atoms with E-state index in [2.05, 4.69) is 10.4 Å². The molecule has 1 aromatic carbocycles. The Bertz CT molecular complexity index is 782. The molecule has 2 aromatic rings. The van der Waals surface area contributed by atoms with Crippen LogP contribution in [0.5, 0.6) is 0 Å². The van der Waals surface area contributed by atoms with Gasteiger partial charge in [-0.25, -0.2) is 0 Å². The molecule has 1 aliphatic carbocycles. The van der Waals surface area contributed by atoms with Gasteiger partial charge in [-0.05, 0) is 38.2 Å². The first-order valence-corrected chi connectivity index (χ1v) is 9.66. The van der Waals surface area contributed by atoms with Crippen molar-refractivity contribution in [2.75, 3.05) is 13.7 Å². The van der Waals surface area contributed by atoms with Gasteiger partial charge in [0, 0.05) is 19.7 Å². The molecule has 28 heavy (non-hydrogen) atoms. The summed E-state index contributed by atoms with van der Waals surface area (Å²) in [7, 11) is 1.51. The van der Waals surface area contributed by atoms with Gasteiger partial charge in [0.2, 0.25) is 0 Å². The highest BCUT2D eigenvalue weighted by atomic mass is 16.3. The van der Waals surface area contributed by atoms with Crippen LogP contribution in [0.4, 0.5) is 0 Å². The van der Waals surface area contributed by atoms with E-state index in [-0.39, 0.29) is 23.3 Å². The molecule has 1 saturated carbocycles. The third-order valence-electron chi connectivity index (χ3n) is 4.29. The second-order valence-electron chi connectivity index (χ2n) is 6.52. The molecule has 1 fully saturated rings. The fourth-order valence-electron chi connectivity index (χ4n) is 2.48. The molecule has 1 atom stereocenters. The number of benzene rings is 1. The number of primary amides is 1. The van der Waals surface area contributed by atoms with Crippen LogP contribution in [0.15, 0.2) is 30.3 Å². The summed E-state index contributed by atoms with van der Waals surface area (Å²) >= 11 is 0. The Balaban J connectivity index is 0.000000476. The Hall–Kier alpha value is -2.67. The summed E-state index contributed by atoms with van der Waals surface area (Å²) in [6, 6.07) is 9.10. The maximum Gasteiger partial charge on any atom is 0.271 e. The molecule has 0 spiro atoms. The van der Waals surface area contributed by atoms with E-state index < -0.39 is 5.91 Å². The first-order chi connectivity index (χ1) is 13.4. The zero-order chi connectivity index (χ0) is 21.3. The van der Waals surface area contributed by atoms with Crippen LogP contribution < -0.4 is 11.1 Å². The summed E-state index contributed by atoms with van der Waals surface area (Å²) in [6.07, 6.45) is 2.52. The predicted octanol–water partition coefficient (Wildman–Crippen LogP) is 2.67. The van der Waals surface area contributed by atoms with Gasteiger partial charge in [-0.15, -0.1) is 0 Å². The van der Waals surface area contributed by atoms with Crippen molar-refractivity contribution in [3.8, 4) is 0 Å². The van der Waals surface area contributed by atoms with E-state index in [1.54, 1.807) is 0 Å². The molecule has 2 amide bonds. The fraction of sp³-hybridized carbons (Fsp3) is 0.476. The third-order valence-corrected chi connectivity index (χ3v) is 4.29. The molecule has 3 rings (SSSR count). The van der Waals surface area contributed by atoms with Crippen LogP contribution in [0.3, 0.4) is 0 Å². The van der Waals surface area contributed by atoms with Crippen molar-refractivity contribution in [1.29, 1.82) is 0 Å². The molecule has 0 aliphatic heterocycles. The molecule has 1 aromatic heterocycles. The minimum Gasteiger partial charge on any atom is -0.396 e. The number of carbonyl (C=O) groups excluding carboxylic acids is 2. The lowest BCUT2D eigenvalue weighted by atomic mass is 10.1. The number of hydrogen-bond acceptors (Lipinski definition) is 4. The van der Waals surface area contributed by atoms with Crippen LogP contribution in [0.1, 0.15) is 71.8 Å². The zero-order valence-electron chi connectivity index (χ0n) is 17.4. The Morgan fingerprint density at radius 1 is 1.32 bits per heavy atom. The number of nitrogens with one attached hydrogen (secondary N) is 1. The van der Waals surface area contributed by atoms with Crippen molar-refractivity contribution in [3.05, 3.63) is 52.8 Å². The summed E-state index contributed by atoms with van der Waals surface area (Å²) in [5.74, 6) is -0.278. The number of nitrogens with zero attached hydrogens (tertiary/aromatic N) is 2. The zero-order valence-corrected chi connectivity index (χ0v) is 17.4. The Kier molecular flexibility index (Phi) is 9.38. The second kappa shape index (κ2) is 11.2. The van der Waals surface area contributed by atoms with Crippen molar-refractivity contribution in [2.24, 2.45) is 11.7 Å². The quantitative estimate of drug-likeness (QED) is 0.731. The number of aliphatic hydroxyl groups is 1. The van der Waals surface area contributed by atoms with Gasteiger partial charge in [-0.2, -0.15) is 5.10 Å². The number of amides is 2. The van der Waals surface area contributed by atoms with E-state index in [0.717, 1.165) is 11.1 Å². The molecule has 0 bridgehead atoms. The van der Waals surface area contributed by atoms with E-state index >= 15 is 0 Å². The average molecular weight is 389 g/mol. The summed E-state index contributed by atoms with van der Waals surface area (Å²) in [5, 5.41) is 14.9. The van der Waals surface area contributed by atoms with Gasteiger partial charge in [-0.3, -0.25) is 14.3 Å². The SMILES string of the molecule is CC.CNC(=O)c1cc(C(N)=O)n(C(C)c2cccc(C)c2)n1.OCC1CC1. The number of aryl methyl sites for hydroxylation is 1. The first-order valence-electron chi connectivity index (χ1n) is 9.66. The summed E-state index contributed by atoms with van der Waals surface area (Å²) < 4.78 is 1.49. The van der Waals surface area contributed by atoms with Crippen LogP contribution in [-0.2, 0) is 0 Å². The van der Waals surface area contributed by atoms with Gasteiger partial charge >= 0.3 is 0 Å². The third kappa shape index (κ3) is 6.49. The maximum atomic E-state index is 11.7. The van der Waals surface area contributed by atoms with Crippen LogP contribution in [0.2, 0.25) is 0 Å². The molecule has 1 heterocycles. The smallest absolute Gasteiger partial charge is 0.271 e. The Morgan fingerprint density at radius 2 is 1.96 bits per heavy atom. The van der Waals surface area contributed by atoms with Crippen LogP contribution in [0.25, 0.3) is 0 Å². The second-order valence-corrected chi connectivity index (χ2v) is 6.52. The number of aliphatic hydroxyl groups excluding tert-OH is 1. The predicted molar refractivity (Wildman–Crippen MR) is 110 cm³/mol. The van der Waals surface area contributed by atoms with Crippen LogP contribution >= 0.6 is 0 Å². The largest absolute Gasteiger partial charge is 0.396 e. The minimum absolute atomic E-state index is 0.172. The molecule has 7 heteroatoms. The van der Waals surface area contributed by atoms with Gasteiger partial charge < -0.3 is 16.2 Å². The molecule has 1 aliphatic rings. The number of nitrogens with two attached hydrogens (primary N) is 1. The number of hydrogen-bond donors (Lipinski definition) is 3. The van der Waals surface area contributed by atoms with Gasteiger partial charge in [0.25, 0.3) is 11.8 Å². The normalized spacial score (nSPS) is 13.4. The average Bonchev–Trinajstić information content (AvgIpc) is 3.45. The lowest BCUT2D eigenvalue weighted by molar-refractivity contribution is 0.0955. The highest BCUT2D eigenvalue weighted by molar-refractivity contribution is 5.97. The van der Waals surface area contributed by atoms with Crippen LogP contribution in [-0.4, -0.2) is 40.4 Å². The molecular formula is C21H32N4O3. The van der Waals surface area contributed by atoms with Crippen molar-refractivity contribution in [1.82, 2.24) is 15.1 Å². The monoisotopic (exact) mass is 388 g/mol. The highest BCUT2D eigenvalue weighted by Gasteiger charge is 2.21. The van der Waals surface area contributed by atoms with E-state index in [0.29, 0.717) is 12.5 Å². The molecule has 0 radical (unpaired) electrons. The number of rotatable bonds is 5. The minimum atomic E-state index is -0.614.